The standard InChI is InChI=1S/C12H21N5O2/c1-12(2,3)19-11(18)14-7-5-9-15-10-13-6-4-8-17(10)16-9/h4-8H2,1-3H3,(H,14,18)(H,13,15,16). The van der Waals surface area contributed by atoms with Gasteiger partial charge in [-0.05, 0) is 27.2 Å². The predicted octanol–water partition coefficient (Wildman–Crippen LogP) is 1.16. The maximum atomic E-state index is 11.5. The summed E-state index contributed by atoms with van der Waals surface area (Å²) in [5.41, 5.74) is -0.472. The van der Waals surface area contributed by atoms with Crippen LogP contribution in [0.5, 0.6) is 0 Å². The fourth-order valence-electron chi connectivity index (χ4n) is 1.80. The van der Waals surface area contributed by atoms with Crippen LogP contribution in [-0.2, 0) is 17.7 Å². The van der Waals surface area contributed by atoms with Crippen molar-refractivity contribution in [2.75, 3.05) is 18.4 Å². The number of hydrogen-bond donors (Lipinski definition) is 2. The van der Waals surface area contributed by atoms with Gasteiger partial charge in [0.15, 0.2) is 5.82 Å². The lowest BCUT2D eigenvalue weighted by Gasteiger charge is -2.19. The Labute approximate surface area is 112 Å². The van der Waals surface area contributed by atoms with Crippen LogP contribution < -0.4 is 10.6 Å². The summed E-state index contributed by atoms with van der Waals surface area (Å²) in [6.07, 6.45) is 1.25. The van der Waals surface area contributed by atoms with Crippen LogP contribution in [0.15, 0.2) is 0 Å². The van der Waals surface area contributed by atoms with Crippen LogP contribution in [0.4, 0.5) is 10.7 Å². The monoisotopic (exact) mass is 267 g/mol. The van der Waals surface area contributed by atoms with E-state index in [4.69, 9.17) is 4.74 Å². The molecule has 1 amide bonds. The Bertz CT molecular complexity index is 426. The predicted molar refractivity (Wildman–Crippen MR) is 71.1 cm³/mol. The van der Waals surface area contributed by atoms with Gasteiger partial charge in [0.25, 0.3) is 0 Å². The maximum Gasteiger partial charge on any atom is 0.407 e. The topological polar surface area (TPSA) is 81.1 Å². The molecule has 0 atom stereocenters. The van der Waals surface area contributed by atoms with Gasteiger partial charge in [-0.3, -0.25) is 0 Å². The molecule has 7 nitrogen and oxygen atoms in total. The van der Waals surface area contributed by atoms with Gasteiger partial charge < -0.3 is 15.4 Å². The Morgan fingerprint density at radius 3 is 3.00 bits per heavy atom. The molecule has 0 bridgehead atoms. The number of aryl methyl sites for hydroxylation is 1. The number of aromatic nitrogens is 3. The van der Waals surface area contributed by atoms with Crippen molar-refractivity contribution in [2.24, 2.45) is 0 Å². The smallest absolute Gasteiger partial charge is 0.407 e. The van der Waals surface area contributed by atoms with Gasteiger partial charge in [0.1, 0.15) is 5.60 Å². The summed E-state index contributed by atoms with van der Waals surface area (Å²) in [7, 11) is 0. The second kappa shape index (κ2) is 5.46. The van der Waals surface area contributed by atoms with E-state index in [1.54, 1.807) is 0 Å². The van der Waals surface area contributed by atoms with Crippen LogP contribution in [0.3, 0.4) is 0 Å². The van der Waals surface area contributed by atoms with Crippen molar-refractivity contribution < 1.29 is 9.53 Å². The van der Waals surface area contributed by atoms with Crippen molar-refractivity contribution in [3.63, 3.8) is 0 Å². The van der Waals surface area contributed by atoms with E-state index in [2.05, 4.69) is 20.7 Å². The van der Waals surface area contributed by atoms with E-state index in [0.717, 1.165) is 31.3 Å². The minimum absolute atomic E-state index is 0.408. The van der Waals surface area contributed by atoms with Crippen molar-refractivity contribution in [1.29, 1.82) is 0 Å². The van der Waals surface area contributed by atoms with Gasteiger partial charge in [-0.1, -0.05) is 0 Å². The van der Waals surface area contributed by atoms with Crippen LogP contribution in [0, 0.1) is 0 Å². The number of fused-ring (bicyclic) bond motifs is 1. The molecule has 1 aliphatic rings. The maximum absolute atomic E-state index is 11.5. The molecule has 0 spiro atoms. The van der Waals surface area contributed by atoms with Gasteiger partial charge >= 0.3 is 6.09 Å². The summed E-state index contributed by atoms with van der Waals surface area (Å²) >= 11 is 0. The second-order valence-corrected chi connectivity index (χ2v) is 5.53. The molecular weight excluding hydrogens is 246 g/mol. The summed E-state index contributed by atoms with van der Waals surface area (Å²) < 4.78 is 7.02. The molecule has 0 saturated carbocycles. The van der Waals surface area contributed by atoms with E-state index < -0.39 is 11.7 Å². The number of carbonyl (C=O) groups is 1. The Balaban J connectivity index is 1.77. The molecule has 1 aromatic heterocycles. The van der Waals surface area contributed by atoms with Gasteiger partial charge in [0.05, 0.1) is 0 Å². The Kier molecular flexibility index (Phi) is 3.92. The molecule has 0 unspecified atom stereocenters. The van der Waals surface area contributed by atoms with Crippen LogP contribution in [0.1, 0.15) is 33.0 Å². The Hall–Kier alpha value is -1.79. The van der Waals surface area contributed by atoms with Crippen molar-refractivity contribution in [3.05, 3.63) is 5.82 Å². The molecule has 0 saturated heterocycles. The molecule has 1 aromatic rings. The summed E-state index contributed by atoms with van der Waals surface area (Å²) in [6.45, 7) is 7.82. The third-order valence-corrected chi connectivity index (χ3v) is 2.56. The SMILES string of the molecule is CC(C)(C)OC(=O)NCCc1nc2n(n1)CCCN2. The number of anilines is 1. The summed E-state index contributed by atoms with van der Waals surface area (Å²) in [5.74, 6) is 1.55. The van der Waals surface area contributed by atoms with Gasteiger partial charge in [0.2, 0.25) is 5.95 Å². The minimum atomic E-state index is -0.472. The van der Waals surface area contributed by atoms with Crippen molar-refractivity contribution in [3.8, 4) is 0 Å². The number of alkyl carbamates (subject to hydrolysis) is 1. The highest BCUT2D eigenvalue weighted by atomic mass is 16.6. The highest BCUT2D eigenvalue weighted by Gasteiger charge is 2.16. The quantitative estimate of drug-likeness (QED) is 0.859. The molecule has 2 heterocycles. The average molecular weight is 267 g/mol. The van der Waals surface area contributed by atoms with E-state index in [1.807, 2.05) is 25.5 Å². The zero-order valence-corrected chi connectivity index (χ0v) is 11.7. The van der Waals surface area contributed by atoms with E-state index in [1.165, 1.54) is 0 Å². The number of hydrogen-bond acceptors (Lipinski definition) is 5. The zero-order chi connectivity index (χ0) is 13.9. The van der Waals surface area contributed by atoms with Crippen molar-refractivity contribution >= 4 is 12.0 Å². The largest absolute Gasteiger partial charge is 0.444 e. The first-order valence-electron chi connectivity index (χ1n) is 6.58. The lowest BCUT2D eigenvalue weighted by molar-refractivity contribution is 0.0528. The van der Waals surface area contributed by atoms with E-state index >= 15 is 0 Å². The van der Waals surface area contributed by atoms with E-state index in [-0.39, 0.29) is 0 Å². The molecule has 0 fully saturated rings. The number of nitrogens with zero attached hydrogens (tertiary/aromatic N) is 3. The van der Waals surface area contributed by atoms with Gasteiger partial charge in [-0.2, -0.15) is 10.1 Å². The zero-order valence-electron chi connectivity index (χ0n) is 11.7. The van der Waals surface area contributed by atoms with Gasteiger partial charge in [-0.15, -0.1) is 0 Å². The number of rotatable bonds is 3. The first kappa shape index (κ1) is 13.6. The van der Waals surface area contributed by atoms with Crippen LogP contribution >= 0.6 is 0 Å². The fourth-order valence-corrected chi connectivity index (χ4v) is 1.80. The molecule has 0 aromatic carbocycles. The number of carbonyl (C=O) groups excluding carboxylic acids is 1. The number of amides is 1. The third kappa shape index (κ3) is 4.11. The molecule has 106 valence electrons. The molecule has 2 rings (SSSR count). The Morgan fingerprint density at radius 2 is 2.32 bits per heavy atom. The van der Waals surface area contributed by atoms with Crippen LogP contribution in [0.25, 0.3) is 0 Å². The number of ether oxygens (including phenoxy) is 1. The summed E-state index contributed by atoms with van der Waals surface area (Å²) in [6, 6.07) is 0. The fraction of sp³-hybridized carbons (Fsp3) is 0.750. The highest BCUT2D eigenvalue weighted by Crippen LogP contribution is 2.11. The van der Waals surface area contributed by atoms with Crippen LogP contribution in [0.2, 0.25) is 0 Å². The van der Waals surface area contributed by atoms with Crippen molar-refractivity contribution in [1.82, 2.24) is 20.1 Å². The first-order valence-corrected chi connectivity index (χ1v) is 6.58. The van der Waals surface area contributed by atoms with Crippen molar-refractivity contribution in [2.45, 2.75) is 45.8 Å². The molecule has 2 N–H and O–H groups in total. The van der Waals surface area contributed by atoms with E-state index in [9.17, 15) is 4.79 Å². The van der Waals surface area contributed by atoms with Gasteiger partial charge in [-0.25, -0.2) is 9.48 Å². The lowest BCUT2D eigenvalue weighted by Crippen LogP contribution is -2.33. The normalized spacial score (nSPS) is 14.5. The molecule has 1 aliphatic heterocycles. The van der Waals surface area contributed by atoms with Crippen LogP contribution in [-0.4, -0.2) is 39.5 Å². The third-order valence-electron chi connectivity index (χ3n) is 2.56. The highest BCUT2D eigenvalue weighted by molar-refractivity contribution is 5.67. The molecular formula is C12H21N5O2. The minimum Gasteiger partial charge on any atom is -0.444 e. The van der Waals surface area contributed by atoms with E-state index in [0.29, 0.717) is 13.0 Å². The molecule has 0 radical (unpaired) electrons. The number of nitrogens with one attached hydrogen (secondary N) is 2. The Morgan fingerprint density at radius 1 is 1.53 bits per heavy atom. The molecule has 0 aliphatic carbocycles. The summed E-state index contributed by atoms with van der Waals surface area (Å²) in [5, 5.41) is 10.3. The lowest BCUT2D eigenvalue weighted by atomic mass is 10.2. The molecule has 7 heteroatoms. The summed E-state index contributed by atoms with van der Waals surface area (Å²) in [4.78, 5) is 15.8. The first-order chi connectivity index (χ1) is 8.94. The van der Waals surface area contributed by atoms with Gasteiger partial charge in [0, 0.05) is 26.1 Å². The average Bonchev–Trinajstić information content (AvgIpc) is 2.68. The molecule has 19 heavy (non-hydrogen) atoms. The second-order valence-electron chi connectivity index (χ2n) is 5.53.